The van der Waals surface area contributed by atoms with E-state index in [1.54, 1.807) is 19.2 Å². The van der Waals surface area contributed by atoms with Crippen molar-refractivity contribution in [3.8, 4) is 0 Å². The first kappa shape index (κ1) is 10.7. The third kappa shape index (κ3) is 2.53. The third-order valence-electron chi connectivity index (χ3n) is 1.83. The predicted molar refractivity (Wildman–Crippen MR) is 52.5 cm³/mol. The van der Waals surface area contributed by atoms with Crippen LogP contribution in [-0.2, 0) is 9.53 Å². The molecule has 0 bridgehead atoms. The zero-order valence-corrected chi connectivity index (χ0v) is 8.36. The van der Waals surface area contributed by atoms with E-state index < -0.39 is 12.0 Å². The lowest BCUT2D eigenvalue weighted by Gasteiger charge is -2.10. The monoisotopic (exact) mass is 194 g/mol. The number of aromatic nitrogens is 1. The molecular formula is C10H14N2O2. The summed E-state index contributed by atoms with van der Waals surface area (Å²) in [4.78, 5) is 15.3. The van der Waals surface area contributed by atoms with Crippen LogP contribution < -0.4 is 5.73 Å². The van der Waals surface area contributed by atoms with Crippen LogP contribution in [-0.4, -0.2) is 17.6 Å². The molecule has 4 heteroatoms. The highest BCUT2D eigenvalue weighted by molar-refractivity contribution is 5.77. The summed E-state index contributed by atoms with van der Waals surface area (Å²) in [6, 6.07) is 2.86. The molecule has 0 saturated carbocycles. The quantitative estimate of drug-likeness (QED) is 0.727. The summed E-state index contributed by atoms with van der Waals surface area (Å²) >= 11 is 0. The van der Waals surface area contributed by atoms with Gasteiger partial charge in [-0.25, -0.2) is 4.79 Å². The highest BCUT2D eigenvalue weighted by atomic mass is 16.5. The Labute approximate surface area is 83.1 Å². The van der Waals surface area contributed by atoms with Gasteiger partial charge in [0.2, 0.25) is 0 Å². The lowest BCUT2D eigenvalue weighted by atomic mass is 10.1. The van der Waals surface area contributed by atoms with Crippen molar-refractivity contribution in [2.24, 2.45) is 5.73 Å². The van der Waals surface area contributed by atoms with Gasteiger partial charge >= 0.3 is 5.97 Å². The Bertz CT molecular complexity index is 308. The number of rotatable bonds is 3. The normalized spacial score (nSPS) is 12.2. The molecule has 0 radical (unpaired) electrons. The van der Waals surface area contributed by atoms with Crippen molar-refractivity contribution < 1.29 is 9.53 Å². The zero-order valence-electron chi connectivity index (χ0n) is 8.36. The minimum absolute atomic E-state index is 0.339. The van der Waals surface area contributed by atoms with Gasteiger partial charge in [-0.3, -0.25) is 4.98 Å². The van der Waals surface area contributed by atoms with Gasteiger partial charge in [0.25, 0.3) is 0 Å². The first-order valence-corrected chi connectivity index (χ1v) is 4.50. The van der Waals surface area contributed by atoms with Crippen molar-refractivity contribution in [1.82, 2.24) is 4.98 Å². The van der Waals surface area contributed by atoms with Crippen LogP contribution in [0.4, 0.5) is 0 Å². The van der Waals surface area contributed by atoms with E-state index in [4.69, 9.17) is 10.5 Å². The lowest BCUT2D eigenvalue weighted by Crippen LogP contribution is -2.23. The van der Waals surface area contributed by atoms with Gasteiger partial charge in [-0.05, 0) is 25.5 Å². The molecule has 14 heavy (non-hydrogen) atoms. The molecule has 1 heterocycles. The Hall–Kier alpha value is -1.42. The van der Waals surface area contributed by atoms with Crippen LogP contribution in [0.15, 0.2) is 18.3 Å². The topological polar surface area (TPSA) is 65.2 Å². The van der Waals surface area contributed by atoms with E-state index >= 15 is 0 Å². The summed E-state index contributed by atoms with van der Waals surface area (Å²) in [5.74, 6) is -0.418. The molecule has 0 aliphatic carbocycles. The Morgan fingerprint density at radius 1 is 1.64 bits per heavy atom. The number of carbonyl (C=O) groups excluding carboxylic acids is 1. The summed E-state index contributed by atoms with van der Waals surface area (Å²) in [7, 11) is 0. The average Bonchev–Trinajstić information content (AvgIpc) is 2.18. The van der Waals surface area contributed by atoms with E-state index in [1.807, 2.05) is 13.0 Å². The Morgan fingerprint density at radius 3 is 2.86 bits per heavy atom. The van der Waals surface area contributed by atoms with Crippen molar-refractivity contribution in [3.05, 3.63) is 29.6 Å². The number of aryl methyl sites for hydroxylation is 1. The standard InChI is InChI=1S/C10H14N2O2/c1-3-14-10(13)9(11)8-5-4-7(2)12-6-8/h4-6,9H,3,11H2,1-2H3. The van der Waals surface area contributed by atoms with Crippen molar-refractivity contribution in [3.63, 3.8) is 0 Å². The van der Waals surface area contributed by atoms with Crippen molar-refractivity contribution in [2.45, 2.75) is 19.9 Å². The van der Waals surface area contributed by atoms with Crippen LogP contribution in [0.3, 0.4) is 0 Å². The molecule has 0 aliphatic heterocycles. The predicted octanol–water partition coefficient (Wildman–Crippen LogP) is 0.953. The maximum absolute atomic E-state index is 11.3. The third-order valence-corrected chi connectivity index (χ3v) is 1.83. The fourth-order valence-electron chi connectivity index (χ4n) is 1.03. The maximum Gasteiger partial charge on any atom is 0.327 e. The SMILES string of the molecule is CCOC(=O)C(N)c1ccc(C)nc1. The van der Waals surface area contributed by atoms with Crippen LogP contribution in [0.5, 0.6) is 0 Å². The summed E-state index contributed by atoms with van der Waals surface area (Å²) in [5.41, 5.74) is 7.23. The molecule has 0 saturated heterocycles. The van der Waals surface area contributed by atoms with Gasteiger partial charge in [0, 0.05) is 11.9 Å². The highest BCUT2D eigenvalue weighted by Crippen LogP contribution is 2.10. The fraction of sp³-hybridized carbons (Fsp3) is 0.400. The van der Waals surface area contributed by atoms with E-state index in [-0.39, 0.29) is 0 Å². The molecule has 2 N–H and O–H groups in total. The van der Waals surface area contributed by atoms with Gasteiger partial charge in [-0.2, -0.15) is 0 Å². The molecule has 1 aromatic heterocycles. The molecule has 1 rings (SSSR count). The van der Waals surface area contributed by atoms with E-state index in [0.29, 0.717) is 12.2 Å². The summed E-state index contributed by atoms with van der Waals surface area (Å²) in [5, 5.41) is 0. The molecule has 4 nitrogen and oxygen atoms in total. The van der Waals surface area contributed by atoms with Crippen molar-refractivity contribution in [2.75, 3.05) is 6.61 Å². The van der Waals surface area contributed by atoms with E-state index in [2.05, 4.69) is 4.98 Å². The van der Waals surface area contributed by atoms with Crippen LogP contribution in [0.1, 0.15) is 24.2 Å². The number of nitrogens with two attached hydrogens (primary N) is 1. The summed E-state index contributed by atoms with van der Waals surface area (Å²) < 4.78 is 4.80. The fourth-order valence-corrected chi connectivity index (χ4v) is 1.03. The second-order valence-corrected chi connectivity index (χ2v) is 2.96. The molecule has 0 aromatic carbocycles. The second kappa shape index (κ2) is 4.72. The lowest BCUT2D eigenvalue weighted by molar-refractivity contribution is -0.144. The Morgan fingerprint density at radius 2 is 2.36 bits per heavy atom. The van der Waals surface area contributed by atoms with E-state index in [9.17, 15) is 4.79 Å². The van der Waals surface area contributed by atoms with Crippen LogP contribution in [0.2, 0.25) is 0 Å². The number of nitrogens with zero attached hydrogens (tertiary/aromatic N) is 1. The van der Waals surface area contributed by atoms with E-state index in [0.717, 1.165) is 5.69 Å². The number of hydrogen-bond donors (Lipinski definition) is 1. The Balaban J connectivity index is 2.73. The van der Waals surface area contributed by atoms with Gasteiger partial charge in [-0.1, -0.05) is 6.07 Å². The number of ether oxygens (including phenoxy) is 1. The highest BCUT2D eigenvalue weighted by Gasteiger charge is 2.16. The van der Waals surface area contributed by atoms with Crippen molar-refractivity contribution >= 4 is 5.97 Å². The average molecular weight is 194 g/mol. The maximum atomic E-state index is 11.3. The number of carbonyl (C=O) groups is 1. The first-order valence-electron chi connectivity index (χ1n) is 4.50. The zero-order chi connectivity index (χ0) is 10.6. The van der Waals surface area contributed by atoms with Crippen LogP contribution >= 0.6 is 0 Å². The largest absolute Gasteiger partial charge is 0.465 e. The number of hydrogen-bond acceptors (Lipinski definition) is 4. The van der Waals surface area contributed by atoms with Crippen LogP contribution in [0, 0.1) is 6.92 Å². The number of esters is 1. The van der Waals surface area contributed by atoms with Gasteiger partial charge in [-0.15, -0.1) is 0 Å². The summed E-state index contributed by atoms with van der Waals surface area (Å²) in [6.45, 7) is 3.96. The molecule has 0 spiro atoms. The van der Waals surface area contributed by atoms with Gasteiger partial charge in [0.1, 0.15) is 6.04 Å². The van der Waals surface area contributed by atoms with Crippen LogP contribution in [0.25, 0.3) is 0 Å². The first-order chi connectivity index (χ1) is 6.65. The van der Waals surface area contributed by atoms with Gasteiger partial charge in [0.15, 0.2) is 0 Å². The van der Waals surface area contributed by atoms with E-state index in [1.165, 1.54) is 0 Å². The minimum atomic E-state index is -0.733. The minimum Gasteiger partial charge on any atom is -0.465 e. The molecule has 1 aromatic rings. The van der Waals surface area contributed by atoms with Gasteiger partial charge in [0.05, 0.1) is 6.61 Å². The smallest absolute Gasteiger partial charge is 0.327 e. The molecular weight excluding hydrogens is 180 g/mol. The van der Waals surface area contributed by atoms with Crippen molar-refractivity contribution in [1.29, 1.82) is 0 Å². The molecule has 1 atom stereocenters. The second-order valence-electron chi connectivity index (χ2n) is 2.96. The number of pyridine rings is 1. The molecule has 76 valence electrons. The molecule has 1 unspecified atom stereocenters. The van der Waals surface area contributed by atoms with Gasteiger partial charge < -0.3 is 10.5 Å². The summed E-state index contributed by atoms with van der Waals surface area (Å²) in [6.07, 6.45) is 1.59. The molecule has 0 amide bonds. The Kier molecular flexibility index (Phi) is 3.59. The molecule has 0 aliphatic rings. The molecule has 0 fully saturated rings.